The number of rotatable bonds is 5. The third kappa shape index (κ3) is 3.58. The van der Waals surface area contributed by atoms with Crippen LogP contribution in [0.25, 0.3) is 0 Å². The first kappa shape index (κ1) is 14.2. The van der Waals surface area contributed by atoms with E-state index in [9.17, 15) is 9.59 Å². The fourth-order valence-corrected chi connectivity index (χ4v) is 1.77. The Labute approximate surface area is 107 Å². The molecule has 1 amide bonds. The Hall–Kier alpha value is -1.84. The lowest BCUT2D eigenvalue weighted by atomic mass is 10.0. The van der Waals surface area contributed by atoms with Crippen molar-refractivity contribution in [2.24, 2.45) is 0 Å². The third-order valence-corrected chi connectivity index (χ3v) is 2.89. The summed E-state index contributed by atoms with van der Waals surface area (Å²) in [5.74, 6) is -0.984. The Balaban J connectivity index is 2.89. The Bertz CT molecular complexity index is 454. The van der Waals surface area contributed by atoms with E-state index in [0.29, 0.717) is 12.1 Å². The number of aliphatic carboxylic acids is 1. The van der Waals surface area contributed by atoms with E-state index in [0.717, 1.165) is 11.1 Å². The molecule has 0 atom stereocenters. The fourth-order valence-electron chi connectivity index (χ4n) is 1.77. The molecular formula is C14H19NO3. The van der Waals surface area contributed by atoms with E-state index in [1.165, 1.54) is 0 Å². The molecule has 0 aromatic heterocycles. The molecular weight excluding hydrogens is 230 g/mol. The molecule has 4 nitrogen and oxygen atoms in total. The predicted octanol–water partition coefficient (Wildman–Crippen LogP) is 2.24. The molecule has 98 valence electrons. The maximum absolute atomic E-state index is 12.3. The molecule has 1 N–H and O–H groups in total. The van der Waals surface area contributed by atoms with Crippen molar-refractivity contribution < 1.29 is 14.7 Å². The lowest BCUT2D eigenvalue weighted by molar-refractivity contribution is -0.137. The standard InChI is InChI=1S/C14H19NO3/c1-4-15(8-7-13(16)17)14(18)12-9-10(2)5-6-11(12)3/h5-6,9H,4,7-8H2,1-3H3,(H,16,17). The van der Waals surface area contributed by atoms with E-state index in [4.69, 9.17) is 5.11 Å². The summed E-state index contributed by atoms with van der Waals surface area (Å²) in [6.45, 7) is 6.43. The van der Waals surface area contributed by atoms with Crippen molar-refractivity contribution in [3.63, 3.8) is 0 Å². The Morgan fingerprint density at radius 2 is 1.94 bits per heavy atom. The normalized spacial score (nSPS) is 10.2. The molecule has 0 saturated carbocycles. The number of carbonyl (C=O) groups is 2. The summed E-state index contributed by atoms with van der Waals surface area (Å²) in [4.78, 5) is 24.4. The van der Waals surface area contributed by atoms with Crippen molar-refractivity contribution >= 4 is 11.9 Å². The van der Waals surface area contributed by atoms with Crippen LogP contribution in [0.15, 0.2) is 18.2 Å². The average molecular weight is 249 g/mol. The first-order chi connectivity index (χ1) is 8.45. The summed E-state index contributed by atoms with van der Waals surface area (Å²) >= 11 is 0. The van der Waals surface area contributed by atoms with E-state index in [1.54, 1.807) is 4.90 Å². The molecule has 1 aromatic rings. The van der Waals surface area contributed by atoms with E-state index < -0.39 is 5.97 Å². The summed E-state index contributed by atoms with van der Waals surface area (Å²) < 4.78 is 0. The number of nitrogens with zero attached hydrogens (tertiary/aromatic N) is 1. The van der Waals surface area contributed by atoms with Gasteiger partial charge in [0.2, 0.25) is 0 Å². The zero-order valence-corrected chi connectivity index (χ0v) is 11.1. The van der Waals surface area contributed by atoms with Gasteiger partial charge in [0, 0.05) is 18.7 Å². The van der Waals surface area contributed by atoms with Gasteiger partial charge in [-0.05, 0) is 32.4 Å². The van der Waals surface area contributed by atoms with Gasteiger partial charge < -0.3 is 10.0 Å². The molecule has 0 saturated heterocycles. The number of benzene rings is 1. The largest absolute Gasteiger partial charge is 0.481 e. The molecule has 0 aliphatic heterocycles. The molecule has 0 bridgehead atoms. The van der Waals surface area contributed by atoms with Crippen LogP contribution in [-0.4, -0.2) is 35.0 Å². The Kier molecular flexibility index (Phi) is 4.89. The molecule has 0 aliphatic carbocycles. The van der Waals surface area contributed by atoms with Crippen LogP contribution in [0.5, 0.6) is 0 Å². The zero-order chi connectivity index (χ0) is 13.7. The van der Waals surface area contributed by atoms with Crippen LogP contribution < -0.4 is 0 Å². The molecule has 1 aromatic carbocycles. The number of hydrogen-bond acceptors (Lipinski definition) is 2. The minimum atomic E-state index is -0.887. The second-order valence-electron chi connectivity index (χ2n) is 4.35. The number of carbonyl (C=O) groups excluding carboxylic acids is 1. The summed E-state index contributed by atoms with van der Waals surface area (Å²) in [5, 5.41) is 8.67. The van der Waals surface area contributed by atoms with Crippen LogP contribution in [0.4, 0.5) is 0 Å². The molecule has 0 heterocycles. The van der Waals surface area contributed by atoms with Gasteiger partial charge in [0.05, 0.1) is 6.42 Å². The quantitative estimate of drug-likeness (QED) is 0.870. The topological polar surface area (TPSA) is 57.6 Å². The summed E-state index contributed by atoms with van der Waals surface area (Å²) in [6.07, 6.45) is -0.0234. The fraction of sp³-hybridized carbons (Fsp3) is 0.429. The number of carboxylic acid groups (broad SMARTS) is 1. The van der Waals surface area contributed by atoms with Crippen molar-refractivity contribution in [2.75, 3.05) is 13.1 Å². The molecule has 0 aliphatic rings. The summed E-state index contributed by atoms with van der Waals surface area (Å²) in [7, 11) is 0. The minimum absolute atomic E-state index is 0.0234. The van der Waals surface area contributed by atoms with Crippen LogP contribution in [0.2, 0.25) is 0 Å². The van der Waals surface area contributed by atoms with Crippen LogP contribution in [0.1, 0.15) is 34.8 Å². The molecule has 1 rings (SSSR count). The van der Waals surface area contributed by atoms with E-state index >= 15 is 0 Å². The second-order valence-corrected chi connectivity index (χ2v) is 4.35. The van der Waals surface area contributed by atoms with Gasteiger partial charge in [-0.1, -0.05) is 17.7 Å². The smallest absolute Gasteiger partial charge is 0.305 e. The van der Waals surface area contributed by atoms with Gasteiger partial charge in [0.25, 0.3) is 5.91 Å². The third-order valence-electron chi connectivity index (χ3n) is 2.89. The highest BCUT2D eigenvalue weighted by Crippen LogP contribution is 2.13. The monoisotopic (exact) mass is 249 g/mol. The molecule has 0 fully saturated rings. The van der Waals surface area contributed by atoms with Gasteiger partial charge in [0.1, 0.15) is 0 Å². The van der Waals surface area contributed by atoms with Crippen molar-refractivity contribution in [3.05, 3.63) is 34.9 Å². The van der Waals surface area contributed by atoms with Crippen molar-refractivity contribution in [1.29, 1.82) is 0 Å². The molecule has 18 heavy (non-hydrogen) atoms. The number of hydrogen-bond donors (Lipinski definition) is 1. The van der Waals surface area contributed by atoms with Crippen molar-refractivity contribution in [2.45, 2.75) is 27.2 Å². The van der Waals surface area contributed by atoms with Crippen LogP contribution in [-0.2, 0) is 4.79 Å². The summed E-state index contributed by atoms with van der Waals surface area (Å²) in [6, 6.07) is 5.72. The molecule has 4 heteroatoms. The highest BCUT2D eigenvalue weighted by molar-refractivity contribution is 5.96. The molecule has 0 unspecified atom stereocenters. The zero-order valence-electron chi connectivity index (χ0n) is 11.1. The molecule has 0 radical (unpaired) electrons. The number of amides is 1. The highest BCUT2D eigenvalue weighted by Gasteiger charge is 2.17. The summed E-state index contributed by atoms with van der Waals surface area (Å²) in [5.41, 5.74) is 2.60. The van der Waals surface area contributed by atoms with Crippen LogP contribution >= 0.6 is 0 Å². The van der Waals surface area contributed by atoms with Gasteiger partial charge in [0.15, 0.2) is 0 Å². The second kappa shape index (κ2) is 6.19. The first-order valence-electron chi connectivity index (χ1n) is 6.04. The van der Waals surface area contributed by atoms with E-state index in [-0.39, 0.29) is 18.9 Å². The predicted molar refractivity (Wildman–Crippen MR) is 69.7 cm³/mol. The number of aryl methyl sites for hydroxylation is 2. The Morgan fingerprint density at radius 3 is 2.50 bits per heavy atom. The maximum Gasteiger partial charge on any atom is 0.305 e. The van der Waals surface area contributed by atoms with Crippen molar-refractivity contribution in [1.82, 2.24) is 4.90 Å². The minimum Gasteiger partial charge on any atom is -0.481 e. The first-order valence-corrected chi connectivity index (χ1v) is 6.04. The van der Waals surface area contributed by atoms with Gasteiger partial charge in [-0.3, -0.25) is 9.59 Å². The Morgan fingerprint density at radius 1 is 1.28 bits per heavy atom. The van der Waals surface area contributed by atoms with Crippen molar-refractivity contribution in [3.8, 4) is 0 Å². The maximum atomic E-state index is 12.3. The average Bonchev–Trinajstić information content (AvgIpc) is 2.32. The molecule has 0 spiro atoms. The van der Waals surface area contributed by atoms with Gasteiger partial charge >= 0.3 is 5.97 Å². The highest BCUT2D eigenvalue weighted by atomic mass is 16.4. The number of carboxylic acids is 1. The van der Waals surface area contributed by atoms with Gasteiger partial charge in [-0.25, -0.2) is 0 Å². The van der Waals surface area contributed by atoms with Crippen LogP contribution in [0, 0.1) is 13.8 Å². The van der Waals surface area contributed by atoms with Crippen LogP contribution in [0.3, 0.4) is 0 Å². The van der Waals surface area contributed by atoms with E-state index in [1.807, 2.05) is 39.0 Å². The van der Waals surface area contributed by atoms with E-state index in [2.05, 4.69) is 0 Å². The SMILES string of the molecule is CCN(CCC(=O)O)C(=O)c1cc(C)ccc1C. The van der Waals surface area contributed by atoms with Gasteiger partial charge in [-0.15, -0.1) is 0 Å². The lowest BCUT2D eigenvalue weighted by Crippen LogP contribution is -2.33. The lowest BCUT2D eigenvalue weighted by Gasteiger charge is -2.21. The van der Waals surface area contributed by atoms with Gasteiger partial charge in [-0.2, -0.15) is 0 Å².